The molecule has 0 bridgehead atoms. The number of hydrogen-bond acceptors (Lipinski definition) is 4. The molecule has 0 saturated carbocycles. The molecule has 0 aromatic heterocycles. The summed E-state index contributed by atoms with van der Waals surface area (Å²) in [7, 11) is 0. The van der Waals surface area contributed by atoms with E-state index in [2.05, 4.69) is 11.9 Å². The van der Waals surface area contributed by atoms with Gasteiger partial charge in [-0.25, -0.2) is 0 Å². The van der Waals surface area contributed by atoms with E-state index in [0.717, 1.165) is 31.5 Å². The molecule has 1 aliphatic rings. The second kappa shape index (κ2) is 5.16. The van der Waals surface area contributed by atoms with E-state index in [0.29, 0.717) is 5.88 Å². The van der Waals surface area contributed by atoms with Gasteiger partial charge in [0.05, 0.1) is 5.71 Å². The fourth-order valence-corrected chi connectivity index (χ4v) is 1.52. The van der Waals surface area contributed by atoms with Crippen LogP contribution >= 0.6 is 0 Å². The highest BCUT2D eigenvalue weighted by Crippen LogP contribution is 2.26. The Hall–Kier alpha value is -1.03. The van der Waals surface area contributed by atoms with Crippen LogP contribution in [0.15, 0.2) is 17.0 Å². The molecule has 0 aromatic rings. The van der Waals surface area contributed by atoms with Gasteiger partial charge in [0.25, 0.3) is 0 Å². The molecule has 1 aliphatic heterocycles. The van der Waals surface area contributed by atoms with E-state index in [-0.39, 0.29) is 12.2 Å². The predicted molar refractivity (Wildman–Crippen MR) is 60.7 cm³/mol. The standard InChI is InChI=1S/C11H20N2O2/c1-3-11(2)9(8-10(12)15-11)13-6-4-5-7-14/h8,14H,3-7,12H2,1-2H3. The van der Waals surface area contributed by atoms with Crippen molar-refractivity contribution >= 4 is 5.71 Å². The minimum atomic E-state index is -0.358. The number of rotatable bonds is 5. The lowest BCUT2D eigenvalue weighted by molar-refractivity contribution is 0.0870. The molecule has 1 atom stereocenters. The normalized spacial score (nSPS) is 27.9. The van der Waals surface area contributed by atoms with E-state index < -0.39 is 0 Å². The van der Waals surface area contributed by atoms with Gasteiger partial charge in [-0.1, -0.05) is 6.92 Å². The molecule has 4 nitrogen and oxygen atoms in total. The van der Waals surface area contributed by atoms with Crippen molar-refractivity contribution in [3.05, 3.63) is 12.0 Å². The molecule has 86 valence electrons. The van der Waals surface area contributed by atoms with Gasteiger partial charge in [-0.15, -0.1) is 0 Å². The highest BCUT2D eigenvalue weighted by molar-refractivity contribution is 6.03. The maximum Gasteiger partial charge on any atom is 0.187 e. The molecular weight excluding hydrogens is 192 g/mol. The topological polar surface area (TPSA) is 67.8 Å². The molecule has 1 rings (SSSR count). The van der Waals surface area contributed by atoms with Crippen molar-refractivity contribution in [3.63, 3.8) is 0 Å². The largest absolute Gasteiger partial charge is 0.467 e. The third-order valence-corrected chi connectivity index (χ3v) is 2.69. The summed E-state index contributed by atoms with van der Waals surface area (Å²) in [5, 5.41) is 8.64. The fourth-order valence-electron chi connectivity index (χ4n) is 1.52. The summed E-state index contributed by atoms with van der Waals surface area (Å²) in [5.74, 6) is 0.445. The second-order valence-electron chi connectivity index (χ2n) is 3.93. The molecular formula is C11H20N2O2. The van der Waals surface area contributed by atoms with E-state index >= 15 is 0 Å². The van der Waals surface area contributed by atoms with Crippen LogP contribution in [0.2, 0.25) is 0 Å². The van der Waals surface area contributed by atoms with Crippen LogP contribution in [-0.4, -0.2) is 29.6 Å². The summed E-state index contributed by atoms with van der Waals surface area (Å²) in [6, 6.07) is 0. The third-order valence-electron chi connectivity index (χ3n) is 2.69. The zero-order valence-electron chi connectivity index (χ0n) is 9.49. The first-order chi connectivity index (χ1) is 7.12. The smallest absolute Gasteiger partial charge is 0.187 e. The van der Waals surface area contributed by atoms with Gasteiger partial charge in [0.15, 0.2) is 5.88 Å². The van der Waals surface area contributed by atoms with Crippen LogP contribution in [-0.2, 0) is 4.74 Å². The molecule has 0 saturated heterocycles. The van der Waals surface area contributed by atoms with Crippen molar-refractivity contribution in [2.75, 3.05) is 13.2 Å². The first-order valence-electron chi connectivity index (χ1n) is 5.44. The fraction of sp³-hybridized carbons (Fsp3) is 0.727. The number of aliphatic hydroxyl groups is 1. The Morgan fingerprint density at radius 1 is 1.53 bits per heavy atom. The first kappa shape index (κ1) is 12.0. The van der Waals surface area contributed by atoms with Crippen molar-refractivity contribution in [2.24, 2.45) is 10.7 Å². The number of aliphatic imine (C=N–C) groups is 1. The van der Waals surface area contributed by atoms with Gasteiger partial charge in [-0.05, 0) is 26.2 Å². The lowest BCUT2D eigenvalue weighted by Crippen LogP contribution is -2.32. The van der Waals surface area contributed by atoms with Gasteiger partial charge < -0.3 is 15.6 Å². The third kappa shape index (κ3) is 2.96. The molecule has 3 N–H and O–H groups in total. The first-order valence-corrected chi connectivity index (χ1v) is 5.44. The SMILES string of the molecule is CCC1(C)OC(N)=CC1=NCCCCO. The zero-order chi connectivity index (χ0) is 11.3. The van der Waals surface area contributed by atoms with Crippen LogP contribution in [0, 0.1) is 0 Å². The van der Waals surface area contributed by atoms with Gasteiger partial charge in [-0.3, -0.25) is 4.99 Å². The van der Waals surface area contributed by atoms with Gasteiger partial charge >= 0.3 is 0 Å². The Bertz CT molecular complexity index is 274. The van der Waals surface area contributed by atoms with Crippen molar-refractivity contribution in [2.45, 2.75) is 38.7 Å². The van der Waals surface area contributed by atoms with Crippen LogP contribution in [0.1, 0.15) is 33.1 Å². The Balaban J connectivity index is 2.57. The Labute approximate surface area is 90.8 Å². The minimum absolute atomic E-state index is 0.227. The maximum absolute atomic E-state index is 8.64. The Kier molecular flexibility index (Phi) is 4.15. The number of nitrogens with two attached hydrogens (primary N) is 1. The van der Waals surface area contributed by atoms with Gasteiger partial charge in [0, 0.05) is 19.2 Å². The van der Waals surface area contributed by atoms with Crippen LogP contribution in [0.5, 0.6) is 0 Å². The van der Waals surface area contributed by atoms with Crippen molar-refractivity contribution in [3.8, 4) is 0 Å². The van der Waals surface area contributed by atoms with Crippen LogP contribution in [0.3, 0.4) is 0 Å². The predicted octanol–water partition coefficient (Wildman–Crippen LogP) is 1.20. The molecule has 0 aliphatic carbocycles. The van der Waals surface area contributed by atoms with Crippen LogP contribution < -0.4 is 5.73 Å². The maximum atomic E-state index is 8.64. The highest BCUT2D eigenvalue weighted by Gasteiger charge is 2.35. The summed E-state index contributed by atoms with van der Waals surface area (Å²) in [5.41, 5.74) is 6.18. The number of unbranched alkanes of at least 4 members (excludes halogenated alkanes) is 1. The quantitative estimate of drug-likeness (QED) is 0.673. The molecule has 0 spiro atoms. The molecule has 0 aromatic carbocycles. The molecule has 1 unspecified atom stereocenters. The Morgan fingerprint density at radius 3 is 2.87 bits per heavy atom. The lowest BCUT2D eigenvalue weighted by Gasteiger charge is -2.23. The molecule has 0 amide bonds. The van der Waals surface area contributed by atoms with Crippen molar-refractivity contribution in [1.82, 2.24) is 0 Å². The summed E-state index contributed by atoms with van der Waals surface area (Å²) in [6.45, 7) is 4.99. The molecule has 0 radical (unpaired) electrons. The van der Waals surface area contributed by atoms with E-state index in [9.17, 15) is 0 Å². The average molecular weight is 212 g/mol. The number of nitrogens with zero attached hydrogens (tertiary/aromatic N) is 1. The molecule has 0 fully saturated rings. The van der Waals surface area contributed by atoms with Gasteiger partial charge in [0.1, 0.15) is 5.60 Å². The van der Waals surface area contributed by atoms with Crippen LogP contribution in [0.4, 0.5) is 0 Å². The minimum Gasteiger partial charge on any atom is -0.467 e. The van der Waals surface area contributed by atoms with Crippen molar-refractivity contribution < 1.29 is 9.84 Å². The summed E-state index contributed by atoms with van der Waals surface area (Å²) >= 11 is 0. The lowest BCUT2D eigenvalue weighted by atomic mass is 9.98. The number of ether oxygens (including phenoxy) is 1. The van der Waals surface area contributed by atoms with E-state index in [1.807, 2.05) is 6.92 Å². The molecule has 1 heterocycles. The zero-order valence-corrected chi connectivity index (χ0v) is 9.49. The molecule has 15 heavy (non-hydrogen) atoms. The monoisotopic (exact) mass is 212 g/mol. The number of hydrogen-bond donors (Lipinski definition) is 2. The van der Waals surface area contributed by atoms with Gasteiger partial charge in [0.2, 0.25) is 0 Å². The van der Waals surface area contributed by atoms with Crippen LogP contribution in [0.25, 0.3) is 0 Å². The van der Waals surface area contributed by atoms with Crippen molar-refractivity contribution in [1.29, 1.82) is 0 Å². The molecule has 4 heteroatoms. The highest BCUT2D eigenvalue weighted by atomic mass is 16.5. The van der Waals surface area contributed by atoms with E-state index in [4.69, 9.17) is 15.6 Å². The average Bonchev–Trinajstić information content (AvgIpc) is 2.50. The second-order valence-corrected chi connectivity index (χ2v) is 3.93. The van der Waals surface area contributed by atoms with E-state index in [1.165, 1.54) is 0 Å². The summed E-state index contributed by atoms with van der Waals surface area (Å²) in [4.78, 5) is 4.46. The number of aliphatic hydroxyl groups excluding tert-OH is 1. The van der Waals surface area contributed by atoms with Gasteiger partial charge in [-0.2, -0.15) is 0 Å². The Morgan fingerprint density at radius 2 is 2.27 bits per heavy atom. The summed E-state index contributed by atoms with van der Waals surface area (Å²) in [6.07, 6.45) is 4.33. The summed E-state index contributed by atoms with van der Waals surface area (Å²) < 4.78 is 5.53. The van der Waals surface area contributed by atoms with E-state index in [1.54, 1.807) is 6.08 Å².